The molecule has 86 valence electrons. The van der Waals surface area contributed by atoms with Crippen LogP contribution in [0.15, 0.2) is 18.3 Å². The Morgan fingerprint density at radius 2 is 2.44 bits per heavy atom. The summed E-state index contributed by atoms with van der Waals surface area (Å²) in [6.07, 6.45) is 2.66. The summed E-state index contributed by atoms with van der Waals surface area (Å²) in [5, 5.41) is 13.7. The van der Waals surface area contributed by atoms with Crippen LogP contribution in [0.25, 0.3) is 0 Å². The number of rotatable bonds is 3. The first-order valence-corrected chi connectivity index (χ1v) is 5.23. The molecule has 6 nitrogen and oxygen atoms in total. The maximum atomic E-state index is 10.5. The summed E-state index contributed by atoms with van der Waals surface area (Å²) in [6, 6.07) is 3.70. The molecule has 1 aromatic heterocycles. The number of pyridine rings is 1. The largest absolute Gasteiger partial charge is 0.367 e. The smallest absolute Gasteiger partial charge is 0.363 e. The lowest BCUT2D eigenvalue weighted by atomic mass is 10.3. The molecule has 2 rings (SSSR count). The van der Waals surface area contributed by atoms with E-state index in [1.807, 2.05) is 7.05 Å². The molecule has 1 saturated heterocycles. The fraction of sp³-hybridized carbons (Fsp3) is 0.500. The van der Waals surface area contributed by atoms with E-state index in [1.54, 1.807) is 12.3 Å². The Hall–Kier alpha value is -1.69. The third kappa shape index (κ3) is 2.11. The van der Waals surface area contributed by atoms with Gasteiger partial charge in [-0.05, 0) is 29.4 Å². The van der Waals surface area contributed by atoms with Crippen molar-refractivity contribution in [1.29, 1.82) is 0 Å². The van der Waals surface area contributed by atoms with Gasteiger partial charge in [-0.2, -0.15) is 0 Å². The zero-order valence-electron chi connectivity index (χ0n) is 9.09. The fourth-order valence-corrected chi connectivity index (χ4v) is 1.90. The average Bonchev–Trinajstić information content (AvgIpc) is 2.77. The quantitative estimate of drug-likeness (QED) is 0.604. The highest BCUT2D eigenvalue weighted by Gasteiger charge is 2.22. The van der Waals surface area contributed by atoms with Crippen molar-refractivity contribution in [3.63, 3.8) is 0 Å². The van der Waals surface area contributed by atoms with Gasteiger partial charge in [-0.15, -0.1) is 0 Å². The molecular formula is C10H14N4O2. The highest BCUT2D eigenvalue weighted by molar-refractivity contribution is 5.47. The van der Waals surface area contributed by atoms with E-state index < -0.39 is 4.92 Å². The van der Waals surface area contributed by atoms with Gasteiger partial charge in [0.25, 0.3) is 0 Å². The van der Waals surface area contributed by atoms with Crippen molar-refractivity contribution in [3.05, 3.63) is 28.4 Å². The molecule has 0 aromatic carbocycles. The molecular weight excluding hydrogens is 208 g/mol. The molecule has 0 bridgehead atoms. The maximum Gasteiger partial charge on any atom is 0.363 e. The van der Waals surface area contributed by atoms with E-state index >= 15 is 0 Å². The summed E-state index contributed by atoms with van der Waals surface area (Å²) in [5.41, 5.74) is 0.948. The molecule has 1 aliphatic rings. The van der Waals surface area contributed by atoms with Crippen molar-refractivity contribution in [2.24, 2.45) is 0 Å². The van der Waals surface area contributed by atoms with Gasteiger partial charge in [0, 0.05) is 25.2 Å². The van der Waals surface area contributed by atoms with Crippen molar-refractivity contribution in [1.82, 2.24) is 10.3 Å². The summed E-state index contributed by atoms with van der Waals surface area (Å²) in [4.78, 5) is 16.0. The number of nitro groups is 1. The predicted octanol–water partition coefficient (Wildman–Crippen LogP) is 0.788. The maximum absolute atomic E-state index is 10.5. The molecule has 1 aromatic rings. The van der Waals surface area contributed by atoms with Gasteiger partial charge in [-0.1, -0.05) is 0 Å². The van der Waals surface area contributed by atoms with Gasteiger partial charge in [0.1, 0.15) is 0 Å². The van der Waals surface area contributed by atoms with Crippen molar-refractivity contribution in [2.75, 3.05) is 25.0 Å². The molecule has 0 radical (unpaired) electrons. The van der Waals surface area contributed by atoms with E-state index in [0.29, 0.717) is 6.04 Å². The van der Waals surface area contributed by atoms with Crippen LogP contribution in [0.4, 0.5) is 11.5 Å². The Morgan fingerprint density at radius 3 is 2.94 bits per heavy atom. The van der Waals surface area contributed by atoms with Gasteiger partial charge >= 0.3 is 5.82 Å². The van der Waals surface area contributed by atoms with E-state index in [2.05, 4.69) is 15.2 Å². The van der Waals surface area contributed by atoms with Crippen LogP contribution < -0.4 is 10.2 Å². The normalized spacial score (nSPS) is 20.1. The van der Waals surface area contributed by atoms with Gasteiger partial charge < -0.3 is 20.3 Å². The van der Waals surface area contributed by atoms with Gasteiger partial charge in [-0.3, -0.25) is 0 Å². The van der Waals surface area contributed by atoms with Gasteiger partial charge in [0.2, 0.25) is 0 Å². The Kier molecular flexibility index (Phi) is 3.00. The second kappa shape index (κ2) is 4.44. The zero-order valence-corrected chi connectivity index (χ0v) is 9.09. The summed E-state index contributed by atoms with van der Waals surface area (Å²) in [7, 11) is 1.95. The van der Waals surface area contributed by atoms with Crippen molar-refractivity contribution < 1.29 is 4.92 Å². The molecule has 1 fully saturated rings. The van der Waals surface area contributed by atoms with Gasteiger partial charge in [0.05, 0.1) is 5.69 Å². The summed E-state index contributed by atoms with van der Waals surface area (Å²) >= 11 is 0. The van der Waals surface area contributed by atoms with Crippen LogP contribution in [0.2, 0.25) is 0 Å². The lowest BCUT2D eigenvalue weighted by Crippen LogP contribution is -2.29. The van der Waals surface area contributed by atoms with Crippen LogP contribution in [0.1, 0.15) is 6.42 Å². The monoisotopic (exact) mass is 222 g/mol. The lowest BCUT2D eigenvalue weighted by Gasteiger charge is -2.16. The van der Waals surface area contributed by atoms with Crippen LogP contribution >= 0.6 is 0 Å². The molecule has 0 aliphatic carbocycles. The van der Waals surface area contributed by atoms with E-state index in [9.17, 15) is 10.1 Å². The Bertz CT molecular complexity index is 379. The van der Waals surface area contributed by atoms with E-state index in [0.717, 1.165) is 25.2 Å². The first-order chi connectivity index (χ1) is 7.70. The molecule has 2 heterocycles. The molecule has 0 spiro atoms. The predicted molar refractivity (Wildman–Crippen MR) is 60.6 cm³/mol. The third-order valence-corrected chi connectivity index (χ3v) is 2.88. The second-order valence-corrected chi connectivity index (χ2v) is 3.85. The molecule has 1 atom stereocenters. The number of nitrogens with zero attached hydrogens (tertiary/aromatic N) is 3. The summed E-state index contributed by atoms with van der Waals surface area (Å²) < 4.78 is 0. The Balaban J connectivity index is 2.08. The minimum atomic E-state index is -0.482. The number of likely N-dealkylation sites (N-methyl/N-ethyl adjacent to an activating group) is 1. The van der Waals surface area contributed by atoms with Crippen LogP contribution in [0, 0.1) is 10.1 Å². The van der Waals surface area contributed by atoms with Crippen molar-refractivity contribution in [3.8, 4) is 0 Å². The van der Waals surface area contributed by atoms with Crippen LogP contribution in [-0.4, -0.2) is 36.1 Å². The highest BCUT2D eigenvalue weighted by Crippen LogP contribution is 2.20. The number of anilines is 1. The van der Waals surface area contributed by atoms with E-state index in [4.69, 9.17) is 0 Å². The first-order valence-electron chi connectivity index (χ1n) is 5.23. The number of hydrogen-bond donors (Lipinski definition) is 1. The van der Waals surface area contributed by atoms with Crippen LogP contribution in [0.5, 0.6) is 0 Å². The SMILES string of the molecule is CNC1CCN(c2ccc([N+](=O)[O-])nc2)C1. The standard InChI is InChI=1S/C10H14N4O2/c1-11-8-4-5-13(7-8)9-2-3-10(12-6-9)14(15)16/h2-3,6,8,11H,4-5,7H2,1H3. The topological polar surface area (TPSA) is 71.3 Å². The minimum Gasteiger partial charge on any atom is -0.367 e. The van der Waals surface area contributed by atoms with Crippen LogP contribution in [0.3, 0.4) is 0 Å². The Labute approximate surface area is 93.4 Å². The van der Waals surface area contributed by atoms with E-state index in [1.165, 1.54) is 6.07 Å². The summed E-state index contributed by atoms with van der Waals surface area (Å²) in [6.45, 7) is 1.89. The van der Waals surface area contributed by atoms with Crippen molar-refractivity contribution >= 4 is 11.5 Å². The minimum absolute atomic E-state index is 0.104. The van der Waals surface area contributed by atoms with E-state index in [-0.39, 0.29) is 5.82 Å². The first kappa shape index (κ1) is 10.8. The number of hydrogen-bond acceptors (Lipinski definition) is 5. The molecule has 16 heavy (non-hydrogen) atoms. The third-order valence-electron chi connectivity index (χ3n) is 2.88. The molecule has 0 saturated carbocycles. The summed E-state index contributed by atoms with van der Waals surface area (Å²) in [5.74, 6) is -0.104. The highest BCUT2D eigenvalue weighted by atomic mass is 16.6. The lowest BCUT2D eigenvalue weighted by molar-refractivity contribution is -0.389. The zero-order chi connectivity index (χ0) is 11.5. The Morgan fingerprint density at radius 1 is 1.62 bits per heavy atom. The molecule has 6 heteroatoms. The molecule has 1 N–H and O–H groups in total. The van der Waals surface area contributed by atoms with Gasteiger partial charge in [-0.25, -0.2) is 0 Å². The second-order valence-electron chi connectivity index (χ2n) is 3.85. The average molecular weight is 222 g/mol. The van der Waals surface area contributed by atoms with Gasteiger partial charge in [0.15, 0.2) is 6.20 Å². The fourth-order valence-electron chi connectivity index (χ4n) is 1.90. The number of nitrogens with one attached hydrogen (secondary N) is 1. The molecule has 0 amide bonds. The molecule has 1 unspecified atom stereocenters. The molecule has 1 aliphatic heterocycles. The number of aromatic nitrogens is 1. The van der Waals surface area contributed by atoms with Crippen LogP contribution in [-0.2, 0) is 0 Å². The van der Waals surface area contributed by atoms with Crippen molar-refractivity contribution in [2.45, 2.75) is 12.5 Å².